The van der Waals surface area contributed by atoms with E-state index in [-0.39, 0.29) is 6.04 Å². The zero-order valence-electron chi connectivity index (χ0n) is 12.8. The Morgan fingerprint density at radius 1 is 1.09 bits per heavy atom. The molecule has 2 aromatic carbocycles. The van der Waals surface area contributed by atoms with E-state index in [1.807, 2.05) is 37.4 Å². The average Bonchev–Trinajstić information content (AvgIpc) is 3.11. The third-order valence-corrected chi connectivity index (χ3v) is 4.88. The molecule has 2 N–H and O–H groups in total. The molecule has 23 heavy (non-hydrogen) atoms. The summed E-state index contributed by atoms with van der Waals surface area (Å²) in [6.07, 6.45) is 0.886. The van der Waals surface area contributed by atoms with Gasteiger partial charge in [0.25, 0.3) is 0 Å². The van der Waals surface area contributed by atoms with E-state index in [2.05, 4.69) is 39.8 Å². The molecular weight excluding hydrogens is 326 g/mol. The van der Waals surface area contributed by atoms with Crippen LogP contribution in [0.15, 0.2) is 60.0 Å². The van der Waals surface area contributed by atoms with Crippen LogP contribution < -0.4 is 10.2 Å². The van der Waals surface area contributed by atoms with Crippen LogP contribution in [0, 0.1) is 0 Å². The van der Waals surface area contributed by atoms with Gasteiger partial charge in [-0.1, -0.05) is 42.5 Å². The molecule has 0 aliphatic carbocycles. The molecule has 0 aliphatic rings. The lowest BCUT2D eigenvalue weighted by Gasteiger charge is -2.14. The second kappa shape index (κ2) is 7.59. The Bertz CT molecular complexity index is 740. The van der Waals surface area contributed by atoms with Crippen LogP contribution in [-0.2, 0) is 6.42 Å². The molecule has 0 saturated heterocycles. The Hall–Kier alpha value is -1.88. The van der Waals surface area contributed by atoms with Crippen molar-refractivity contribution in [2.24, 2.45) is 0 Å². The zero-order valence-corrected chi connectivity index (χ0v) is 14.4. The maximum Gasteiger partial charge on any atom is 0.123 e. The van der Waals surface area contributed by atoms with Gasteiger partial charge in [0.1, 0.15) is 5.01 Å². The highest BCUT2D eigenvalue weighted by molar-refractivity contribution is 7.13. The fraction of sp³-hybridized carbons (Fsp3) is 0.167. The molecule has 5 heteroatoms. The largest absolute Gasteiger partial charge is 0.311 e. The summed E-state index contributed by atoms with van der Waals surface area (Å²) in [7, 11) is 1.97. The first-order valence-corrected chi connectivity index (χ1v) is 8.69. The highest BCUT2D eigenvalue weighted by Gasteiger charge is 2.14. The number of nitrogens with zero attached hydrogens (tertiary/aromatic N) is 1. The van der Waals surface area contributed by atoms with E-state index in [0.29, 0.717) is 0 Å². The van der Waals surface area contributed by atoms with E-state index in [1.165, 1.54) is 5.56 Å². The predicted molar refractivity (Wildman–Crippen MR) is 99.0 cm³/mol. The first-order chi connectivity index (χ1) is 11.3. The smallest absolute Gasteiger partial charge is 0.123 e. The van der Waals surface area contributed by atoms with Gasteiger partial charge in [0.05, 0.1) is 11.7 Å². The molecule has 3 nitrogen and oxygen atoms in total. The predicted octanol–water partition coefficient (Wildman–Crippen LogP) is 4.88. The molecule has 0 spiro atoms. The van der Waals surface area contributed by atoms with E-state index in [9.17, 15) is 0 Å². The first kappa shape index (κ1) is 16.0. The minimum atomic E-state index is 0.193. The van der Waals surface area contributed by atoms with Gasteiger partial charge in [-0.05, 0) is 31.2 Å². The number of benzene rings is 2. The Balaban J connectivity index is 1.77. The van der Waals surface area contributed by atoms with Gasteiger partial charge in [0.2, 0.25) is 0 Å². The number of aromatic nitrogens is 1. The monoisotopic (exact) mass is 343 g/mol. The average molecular weight is 344 g/mol. The summed E-state index contributed by atoms with van der Waals surface area (Å²) in [6, 6.07) is 18.6. The van der Waals surface area contributed by atoms with Gasteiger partial charge < -0.3 is 5.32 Å². The number of nitrogens with one attached hydrogen (secondary N) is 2. The van der Waals surface area contributed by atoms with Crippen molar-refractivity contribution >= 4 is 28.8 Å². The van der Waals surface area contributed by atoms with Gasteiger partial charge in [0, 0.05) is 28.4 Å². The van der Waals surface area contributed by atoms with Gasteiger partial charge >= 0.3 is 0 Å². The lowest BCUT2D eigenvalue weighted by molar-refractivity contribution is 0.579. The number of hydrogen-bond acceptors (Lipinski definition) is 4. The first-order valence-electron chi connectivity index (χ1n) is 7.44. The Labute approximate surface area is 145 Å². The van der Waals surface area contributed by atoms with Crippen LogP contribution in [0.4, 0.5) is 5.69 Å². The summed E-state index contributed by atoms with van der Waals surface area (Å²) in [5.74, 6) is 0. The zero-order chi connectivity index (χ0) is 16.1. The van der Waals surface area contributed by atoms with Gasteiger partial charge in [-0.3, -0.25) is 4.84 Å². The minimum Gasteiger partial charge on any atom is -0.311 e. The molecule has 1 atom stereocenters. The second-order valence-corrected chi connectivity index (χ2v) is 6.33. The molecule has 118 valence electrons. The van der Waals surface area contributed by atoms with E-state index in [4.69, 9.17) is 16.8 Å². The van der Waals surface area contributed by atoms with E-state index >= 15 is 0 Å². The fourth-order valence-electron chi connectivity index (χ4n) is 2.45. The molecule has 0 amide bonds. The highest BCUT2D eigenvalue weighted by Crippen LogP contribution is 2.27. The third-order valence-electron chi connectivity index (χ3n) is 3.75. The van der Waals surface area contributed by atoms with Crippen LogP contribution in [-0.4, -0.2) is 12.0 Å². The molecule has 0 fully saturated rings. The summed E-state index contributed by atoms with van der Waals surface area (Å²) >= 11 is 7.28. The van der Waals surface area contributed by atoms with Crippen LogP contribution >= 0.6 is 23.1 Å². The topological polar surface area (TPSA) is 37.0 Å². The minimum absolute atomic E-state index is 0.193. The fourth-order valence-corrected chi connectivity index (χ4v) is 3.46. The van der Waals surface area contributed by atoms with Gasteiger partial charge in [-0.2, -0.15) is 0 Å². The normalized spacial score (nSPS) is 12.1. The summed E-state index contributed by atoms with van der Waals surface area (Å²) in [4.78, 5) is 7.42. The molecule has 0 aliphatic heterocycles. The van der Waals surface area contributed by atoms with Crippen molar-refractivity contribution in [3.8, 4) is 10.6 Å². The Morgan fingerprint density at radius 2 is 1.83 bits per heavy atom. The van der Waals surface area contributed by atoms with E-state index in [1.54, 1.807) is 11.3 Å². The van der Waals surface area contributed by atoms with Gasteiger partial charge in [-0.15, -0.1) is 11.3 Å². The van der Waals surface area contributed by atoms with Crippen LogP contribution in [0.3, 0.4) is 0 Å². The molecule has 0 radical (unpaired) electrons. The second-order valence-electron chi connectivity index (χ2n) is 5.28. The van der Waals surface area contributed by atoms with Crippen LogP contribution in [0.5, 0.6) is 0 Å². The SMILES string of the molecule is CN[C@@H](Cc1ccc(NCl)cc1)c1csc(-c2ccccc2)n1. The molecule has 0 unspecified atom stereocenters. The third kappa shape index (κ3) is 3.91. The van der Waals surface area contributed by atoms with Crippen molar-refractivity contribution in [1.82, 2.24) is 10.3 Å². The molecule has 1 aromatic heterocycles. The van der Waals surface area contributed by atoms with Crippen molar-refractivity contribution in [3.63, 3.8) is 0 Å². The van der Waals surface area contributed by atoms with Crippen molar-refractivity contribution in [2.75, 3.05) is 11.9 Å². The van der Waals surface area contributed by atoms with Crippen molar-refractivity contribution in [2.45, 2.75) is 12.5 Å². The van der Waals surface area contributed by atoms with Gasteiger partial charge in [-0.25, -0.2) is 4.98 Å². The molecule has 0 saturated carbocycles. The maximum absolute atomic E-state index is 5.60. The molecule has 1 heterocycles. The number of likely N-dealkylation sites (N-methyl/N-ethyl adjacent to an activating group) is 1. The Morgan fingerprint density at radius 3 is 2.48 bits per heavy atom. The van der Waals surface area contributed by atoms with Crippen LogP contribution in [0.2, 0.25) is 0 Å². The molecule has 0 bridgehead atoms. The van der Waals surface area contributed by atoms with Gasteiger partial charge in [0.15, 0.2) is 0 Å². The number of rotatable bonds is 6. The standard InChI is InChI=1S/C18H18ClN3S/c1-20-16(11-13-7-9-15(22-19)10-8-13)17-12-23-18(21-17)14-5-3-2-4-6-14/h2-10,12,16,20,22H,11H2,1H3/t16-/m0/s1. The number of thiazole rings is 1. The van der Waals surface area contributed by atoms with E-state index < -0.39 is 0 Å². The van der Waals surface area contributed by atoms with Crippen LogP contribution in [0.1, 0.15) is 17.3 Å². The van der Waals surface area contributed by atoms with Crippen molar-refractivity contribution < 1.29 is 0 Å². The van der Waals surface area contributed by atoms with Crippen LogP contribution in [0.25, 0.3) is 10.6 Å². The summed E-state index contributed by atoms with van der Waals surface area (Å²) < 4.78 is 0. The Kier molecular flexibility index (Phi) is 5.28. The highest BCUT2D eigenvalue weighted by atomic mass is 35.5. The molecular formula is C18H18ClN3S. The van der Waals surface area contributed by atoms with Crippen molar-refractivity contribution in [3.05, 3.63) is 71.2 Å². The molecule has 3 aromatic rings. The number of hydrogen-bond donors (Lipinski definition) is 2. The van der Waals surface area contributed by atoms with Crippen molar-refractivity contribution in [1.29, 1.82) is 0 Å². The number of anilines is 1. The molecule has 3 rings (SSSR count). The summed E-state index contributed by atoms with van der Waals surface area (Å²) in [5.41, 5.74) is 4.39. The lowest BCUT2D eigenvalue weighted by Crippen LogP contribution is -2.19. The van der Waals surface area contributed by atoms with E-state index in [0.717, 1.165) is 28.4 Å². The maximum atomic E-state index is 5.60. The quantitative estimate of drug-likeness (QED) is 0.626. The summed E-state index contributed by atoms with van der Waals surface area (Å²) in [6.45, 7) is 0. The number of halogens is 1. The summed E-state index contributed by atoms with van der Waals surface area (Å²) in [5, 5.41) is 6.56. The lowest BCUT2D eigenvalue weighted by atomic mass is 10.0.